The summed E-state index contributed by atoms with van der Waals surface area (Å²) < 4.78 is 0. The molecule has 2 aromatic carbocycles. The van der Waals surface area contributed by atoms with E-state index in [0.29, 0.717) is 4.99 Å². The van der Waals surface area contributed by atoms with Crippen LogP contribution >= 0.6 is 12.2 Å². The van der Waals surface area contributed by atoms with Crippen LogP contribution in [0.3, 0.4) is 0 Å². The highest BCUT2D eigenvalue weighted by Gasteiger charge is 2.14. The van der Waals surface area contributed by atoms with Crippen LogP contribution in [0.25, 0.3) is 0 Å². The number of thiocarbonyl (C=S) groups is 1. The van der Waals surface area contributed by atoms with E-state index in [9.17, 15) is 0 Å². The number of nitrogens with zero attached hydrogens (tertiary/aromatic N) is 1. The molecular weight excluding hydrogens is 276 g/mol. The molecule has 1 heterocycles. The Hall–Kier alpha value is -1.71. The highest BCUT2D eigenvalue weighted by atomic mass is 32.1. The molecule has 3 heteroatoms. The molecule has 0 radical (unpaired) electrons. The number of rotatable bonds is 3. The zero-order valence-electron chi connectivity index (χ0n) is 12.1. The van der Waals surface area contributed by atoms with Crippen molar-refractivity contribution < 1.29 is 0 Å². The molecule has 1 aliphatic heterocycles. The SMILES string of the molecule is NC(=S)c1cccc(CN2CCCc3ccccc3C2)c1. The second kappa shape index (κ2) is 6.37. The lowest BCUT2D eigenvalue weighted by Crippen LogP contribution is -2.23. The van der Waals surface area contributed by atoms with E-state index in [1.165, 1.54) is 29.5 Å². The molecule has 0 spiro atoms. The van der Waals surface area contributed by atoms with Gasteiger partial charge in [0.25, 0.3) is 0 Å². The number of aryl methyl sites for hydroxylation is 1. The summed E-state index contributed by atoms with van der Waals surface area (Å²) >= 11 is 5.06. The minimum Gasteiger partial charge on any atom is -0.389 e. The van der Waals surface area contributed by atoms with Gasteiger partial charge in [-0.15, -0.1) is 0 Å². The first-order valence-corrected chi connectivity index (χ1v) is 7.81. The number of nitrogens with two attached hydrogens (primary N) is 1. The van der Waals surface area contributed by atoms with Gasteiger partial charge in [-0.2, -0.15) is 0 Å². The molecule has 21 heavy (non-hydrogen) atoms. The molecule has 0 atom stereocenters. The fraction of sp³-hybridized carbons (Fsp3) is 0.278. The van der Waals surface area contributed by atoms with Gasteiger partial charge in [0, 0.05) is 18.7 Å². The fourth-order valence-electron chi connectivity index (χ4n) is 2.98. The standard InChI is InChI=1S/C18H20N2S/c19-18(21)16-8-3-5-14(11-16)12-20-10-4-9-15-6-1-2-7-17(15)13-20/h1-3,5-8,11H,4,9-10,12-13H2,(H2,19,21). The number of hydrogen-bond acceptors (Lipinski definition) is 2. The van der Waals surface area contributed by atoms with E-state index in [1.54, 1.807) is 0 Å². The summed E-state index contributed by atoms with van der Waals surface area (Å²) in [5, 5.41) is 0. The van der Waals surface area contributed by atoms with Gasteiger partial charge in [-0.3, -0.25) is 4.90 Å². The largest absolute Gasteiger partial charge is 0.389 e. The van der Waals surface area contributed by atoms with Gasteiger partial charge in [0.05, 0.1) is 0 Å². The molecule has 0 saturated heterocycles. The minimum atomic E-state index is 0.470. The lowest BCUT2D eigenvalue weighted by Gasteiger charge is -2.20. The smallest absolute Gasteiger partial charge is 0.103 e. The fourth-order valence-corrected chi connectivity index (χ4v) is 3.11. The average Bonchev–Trinajstić information content (AvgIpc) is 2.69. The van der Waals surface area contributed by atoms with E-state index in [0.717, 1.165) is 25.2 Å². The van der Waals surface area contributed by atoms with Crippen molar-refractivity contribution in [2.75, 3.05) is 6.54 Å². The van der Waals surface area contributed by atoms with Crippen molar-refractivity contribution in [1.82, 2.24) is 4.90 Å². The normalized spacial score (nSPS) is 15.2. The Morgan fingerprint density at radius 1 is 1.10 bits per heavy atom. The Kier molecular flexibility index (Phi) is 4.32. The van der Waals surface area contributed by atoms with Gasteiger partial charge in [-0.05, 0) is 42.1 Å². The summed E-state index contributed by atoms with van der Waals surface area (Å²) in [5.74, 6) is 0. The van der Waals surface area contributed by atoms with E-state index in [4.69, 9.17) is 18.0 Å². The molecule has 2 nitrogen and oxygen atoms in total. The Morgan fingerprint density at radius 3 is 2.71 bits per heavy atom. The maximum absolute atomic E-state index is 5.72. The topological polar surface area (TPSA) is 29.3 Å². The minimum absolute atomic E-state index is 0.470. The average molecular weight is 296 g/mol. The zero-order valence-corrected chi connectivity index (χ0v) is 12.9. The molecule has 0 unspecified atom stereocenters. The Labute approximate surface area is 131 Å². The van der Waals surface area contributed by atoms with Crippen LogP contribution in [0, 0.1) is 0 Å². The second-order valence-electron chi connectivity index (χ2n) is 5.65. The van der Waals surface area contributed by atoms with E-state index < -0.39 is 0 Å². The van der Waals surface area contributed by atoms with Gasteiger partial charge >= 0.3 is 0 Å². The van der Waals surface area contributed by atoms with Crippen molar-refractivity contribution in [1.29, 1.82) is 0 Å². The summed E-state index contributed by atoms with van der Waals surface area (Å²) in [7, 11) is 0. The van der Waals surface area contributed by atoms with Crippen LogP contribution in [0.4, 0.5) is 0 Å². The first kappa shape index (κ1) is 14.2. The molecule has 2 N–H and O–H groups in total. The third-order valence-electron chi connectivity index (χ3n) is 4.05. The third kappa shape index (κ3) is 3.49. The van der Waals surface area contributed by atoms with Gasteiger partial charge in [0.1, 0.15) is 4.99 Å². The van der Waals surface area contributed by atoms with Crippen LogP contribution in [0.2, 0.25) is 0 Å². The van der Waals surface area contributed by atoms with Crippen molar-refractivity contribution in [3.63, 3.8) is 0 Å². The van der Waals surface area contributed by atoms with Crippen molar-refractivity contribution in [3.8, 4) is 0 Å². The molecule has 108 valence electrons. The Morgan fingerprint density at radius 2 is 1.90 bits per heavy atom. The number of fused-ring (bicyclic) bond motifs is 1. The zero-order chi connectivity index (χ0) is 14.7. The van der Waals surface area contributed by atoms with Crippen LogP contribution < -0.4 is 5.73 Å². The van der Waals surface area contributed by atoms with Crippen molar-refractivity contribution >= 4 is 17.2 Å². The second-order valence-corrected chi connectivity index (χ2v) is 6.09. The first-order valence-electron chi connectivity index (χ1n) is 7.40. The highest BCUT2D eigenvalue weighted by molar-refractivity contribution is 7.80. The van der Waals surface area contributed by atoms with Crippen LogP contribution in [-0.2, 0) is 19.5 Å². The summed E-state index contributed by atoms with van der Waals surface area (Å²) in [5.41, 5.74) is 10.9. The van der Waals surface area contributed by atoms with Crippen LogP contribution in [0.15, 0.2) is 48.5 Å². The molecule has 3 rings (SSSR count). The molecule has 0 bridgehead atoms. The summed E-state index contributed by atoms with van der Waals surface area (Å²) in [4.78, 5) is 2.97. The maximum Gasteiger partial charge on any atom is 0.103 e. The molecule has 0 amide bonds. The molecular formula is C18H20N2S. The van der Waals surface area contributed by atoms with E-state index >= 15 is 0 Å². The van der Waals surface area contributed by atoms with Crippen LogP contribution in [0.1, 0.15) is 28.7 Å². The molecule has 0 saturated carbocycles. The maximum atomic E-state index is 5.72. The van der Waals surface area contributed by atoms with Crippen molar-refractivity contribution in [3.05, 3.63) is 70.8 Å². The molecule has 0 fully saturated rings. The Bertz CT molecular complexity index is 651. The summed E-state index contributed by atoms with van der Waals surface area (Å²) in [6.45, 7) is 3.10. The molecule has 1 aliphatic rings. The quantitative estimate of drug-likeness (QED) is 0.882. The molecule has 2 aromatic rings. The number of benzene rings is 2. The predicted octanol–water partition coefficient (Wildman–Crippen LogP) is 3.27. The monoisotopic (exact) mass is 296 g/mol. The molecule has 0 aromatic heterocycles. The van der Waals surface area contributed by atoms with E-state index in [2.05, 4.69) is 41.3 Å². The van der Waals surface area contributed by atoms with Gasteiger partial charge in [0.15, 0.2) is 0 Å². The van der Waals surface area contributed by atoms with E-state index in [1.807, 2.05) is 12.1 Å². The third-order valence-corrected chi connectivity index (χ3v) is 4.29. The lowest BCUT2D eigenvalue weighted by atomic mass is 10.0. The lowest BCUT2D eigenvalue weighted by molar-refractivity contribution is 0.261. The molecule has 0 aliphatic carbocycles. The number of hydrogen-bond donors (Lipinski definition) is 1. The summed E-state index contributed by atoms with van der Waals surface area (Å²) in [6, 6.07) is 17.1. The van der Waals surface area contributed by atoms with Crippen LogP contribution in [-0.4, -0.2) is 16.4 Å². The van der Waals surface area contributed by atoms with Crippen molar-refractivity contribution in [2.45, 2.75) is 25.9 Å². The highest BCUT2D eigenvalue weighted by Crippen LogP contribution is 2.20. The Balaban J connectivity index is 1.76. The van der Waals surface area contributed by atoms with Crippen LogP contribution in [0.5, 0.6) is 0 Å². The predicted molar refractivity (Wildman–Crippen MR) is 91.2 cm³/mol. The van der Waals surface area contributed by atoms with Gasteiger partial charge in [-0.25, -0.2) is 0 Å². The van der Waals surface area contributed by atoms with Gasteiger partial charge in [-0.1, -0.05) is 54.7 Å². The van der Waals surface area contributed by atoms with E-state index in [-0.39, 0.29) is 0 Å². The van der Waals surface area contributed by atoms with Gasteiger partial charge < -0.3 is 5.73 Å². The first-order chi connectivity index (χ1) is 10.2. The summed E-state index contributed by atoms with van der Waals surface area (Å²) in [6.07, 6.45) is 2.39. The van der Waals surface area contributed by atoms with Crippen molar-refractivity contribution in [2.24, 2.45) is 5.73 Å². The van der Waals surface area contributed by atoms with Gasteiger partial charge in [0.2, 0.25) is 0 Å².